The summed E-state index contributed by atoms with van der Waals surface area (Å²) in [4.78, 5) is 13.1. The van der Waals surface area contributed by atoms with Crippen molar-refractivity contribution in [1.29, 1.82) is 0 Å². The highest BCUT2D eigenvalue weighted by atomic mass is 19.4. The number of amides is 1. The maximum Gasteiger partial charge on any atom is 0.416 e. The number of hydrogen-bond acceptors (Lipinski definition) is 2. The van der Waals surface area contributed by atoms with E-state index in [1.807, 2.05) is 44.2 Å². The second-order valence-electron chi connectivity index (χ2n) is 9.11. The van der Waals surface area contributed by atoms with Crippen molar-refractivity contribution in [3.63, 3.8) is 0 Å². The van der Waals surface area contributed by atoms with Crippen LogP contribution in [0.3, 0.4) is 0 Å². The highest BCUT2D eigenvalue weighted by molar-refractivity contribution is 5.85. The average Bonchev–Trinajstić information content (AvgIpc) is 2.78. The Bertz CT molecular complexity index is 1090. The Hall–Kier alpha value is -3.28. The standard InChI is InChI=1S/C28H30F3NO2/c1-19-13-15-21(16-14-19)17-25(22-9-6-5-7-10-22)20(2)32-26(33)27(3,4)34-24-12-8-11-23(18-24)28(29,30)31/h5-16,18,20,25H,17H2,1-4H3,(H,32,33). The van der Waals surface area contributed by atoms with Gasteiger partial charge in [-0.2, -0.15) is 13.2 Å². The fraction of sp³-hybridized carbons (Fsp3) is 0.321. The molecule has 1 N–H and O–H groups in total. The third-order valence-corrected chi connectivity index (χ3v) is 5.85. The number of halogens is 3. The van der Waals surface area contributed by atoms with Gasteiger partial charge in [0.25, 0.3) is 5.91 Å². The van der Waals surface area contributed by atoms with Gasteiger partial charge in [-0.3, -0.25) is 4.79 Å². The van der Waals surface area contributed by atoms with Gasteiger partial charge in [0.2, 0.25) is 0 Å². The number of alkyl halides is 3. The van der Waals surface area contributed by atoms with E-state index in [1.165, 1.54) is 17.7 Å². The molecule has 6 heteroatoms. The summed E-state index contributed by atoms with van der Waals surface area (Å²) in [6, 6.07) is 22.5. The first-order valence-electron chi connectivity index (χ1n) is 11.2. The lowest BCUT2D eigenvalue weighted by Crippen LogP contribution is -2.51. The molecule has 0 fully saturated rings. The third-order valence-electron chi connectivity index (χ3n) is 5.85. The van der Waals surface area contributed by atoms with Crippen molar-refractivity contribution in [3.05, 3.63) is 101 Å². The molecule has 0 spiro atoms. The number of rotatable bonds is 8. The summed E-state index contributed by atoms with van der Waals surface area (Å²) in [5.74, 6) is -0.415. The topological polar surface area (TPSA) is 38.3 Å². The lowest BCUT2D eigenvalue weighted by molar-refractivity contribution is -0.138. The molecule has 2 unspecified atom stereocenters. The van der Waals surface area contributed by atoms with E-state index < -0.39 is 23.2 Å². The van der Waals surface area contributed by atoms with Crippen LogP contribution in [-0.2, 0) is 17.4 Å². The molecule has 0 heterocycles. The minimum atomic E-state index is -4.49. The first-order chi connectivity index (χ1) is 16.0. The van der Waals surface area contributed by atoms with E-state index in [-0.39, 0.29) is 17.7 Å². The smallest absolute Gasteiger partial charge is 0.416 e. The molecule has 0 aliphatic heterocycles. The van der Waals surface area contributed by atoms with E-state index in [2.05, 4.69) is 29.6 Å². The van der Waals surface area contributed by atoms with E-state index in [1.54, 1.807) is 13.8 Å². The summed E-state index contributed by atoms with van der Waals surface area (Å²) in [7, 11) is 0. The predicted molar refractivity (Wildman–Crippen MR) is 128 cm³/mol. The molecule has 0 saturated carbocycles. The monoisotopic (exact) mass is 469 g/mol. The van der Waals surface area contributed by atoms with Crippen LogP contribution >= 0.6 is 0 Å². The number of aryl methyl sites for hydroxylation is 1. The number of nitrogens with one attached hydrogen (secondary N) is 1. The quantitative estimate of drug-likeness (QED) is 0.399. The molecule has 3 nitrogen and oxygen atoms in total. The number of hydrogen-bond donors (Lipinski definition) is 1. The molecule has 3 aromatic carbocycles. The van der Waals surface area contributed by atoms with Crippen molar-refractivity contribution in [2.75, 3.05) is 0 Å². The van der Waals surface area contributed by atoms with E-state index in [4.69, 9.17) is 4.74 Å². The first-order valence-corrected chi connectivity index (χ1v) is 11.2. The Labute approximate surface area is 199 Å². The highest BCUT2D eigenvalue weighted by Gasteiger charge is 2.34. The van der Waals surface area contributed by atoms with Gasteiger partial charge in [0.15, 0.2) is 5.60 Å². The van der Waals surface area contributed by atoms with Crippen molar-refractivity contribution in [3.8, 4) is 5.75 Å². The number of ether oxygens (including phenoxy) is 1. The number of benzene rings is 3. The second kappa shape index (κ2) is 10.3. The molecular weight excluding hydrogens is 439 g/mol. The Morgan fingerprint density at radius 1 is 0.941 bits per heavy atom. The van der Waals surface area contributed by atoms with Crippen LogP contribution in [-0.4, -0.2) is 17.6 Å². The zero-order valence-electron chi connectivity index (χ0n) is 19.8. The van der Waals surface area contributed by atoms with Gasteiger partial charge in [-0.05, 0) is 63.4 Å². The van der Waals surface area contributed by atoms with Gasteiger partial charge in [-0.15, -0.1) is 0 Å². The second-order valence-corrected chi connectivity index (χ2v) is 9.11. The lowest BCUT2D eigenvalue weighted by atomic mass is 9.86. The molecule has 180 valence electrons. The van der Waals surface area contributed by atoms with E-state index in [0.717, 1.165) is 29.7 Å². The normalized spacial score (nSPS) is 13.7. The largest absolute Gasteiger partial charge is 0.478 e. The maximum absolute atomic E-state index is 13.1. The summed E-state index contributed by atoms with van der Waals surface area (Å²) < 4.78 is 44.8. The summed E-state index contributed by atoms with van der Waals surface area (Å²) in [5.41, 5.74) is 1.23. The third kappa shape index (κ3) is 6.62. The van der Waals surface area contributed by atoms with Gasteiger partial charge in [-0.25, -0.2) is 0 Å². The number of carbonyl (C=O) groups is 1. The van der Waals surface area contributed by atoms with Crippen LogP contribution in [0.2, 0.25) is 0 Å². The van der Waals surface area contributed by atoms with Crippen LogP contribution in [0.1, 0.15) is 48.9 Å². The molecule has 0 aliphatic rings. The number of carbonyl (C=O) groups excluding carboxylic acids is 1. The van der Waals surface area contributed by atoms with E-state index in [0.29, 0.717) is 0 Å². The zero-order chi connectivity index (χ0) is 24.9. The van der Waals surface area contributed by atoms with Gasteiger partial charge < -0.3 is 10.1 Å². The molecule has 0 aromatic heterocycles. The van der Waals surface area contributed by atoms with Crippen LogP contribution in [0.25, 0.3) is 0 Å². The maximum atomic E-state index is 13.1. The minimum Gasteiger partial charge on any atom is -0.478 e. The van der Waals surface area contributed by atoms with Crippen LogP contribution in [0.5, 0.6) is 5.75 Å². The van der Waals surface area contributed by atoms with Crippen molar-refractivity contribution in [2.45, 2.75) is 57.9 Å². The summed E-state index contributed by atoms with van der Waals surface area (Å²) in [6.45, 7) is 7.07. The molecule has 0 bridgehead atoms. The molecule has 0 aliphatic carbocycles. The van der Waals surface area contributed by atoms with Gasteiger partial charge in [-0.1, -0.05) is 66.2 Å². The average molecular weight is 470 g/mol. The molecule has 34 heavy (non-hydrogen) atoms. The van der Waals surface area contributed by atoms with Gasteiger partial charge in [0, 0.05) is 12.0 Å². The van der Waals surface area contributed by atoms with E-state index in [9.17, 15) is 18.0 Å². The molecule has 3 rings (SSSR count). The molecule has 1 amide bonds. The lowest BCUT2D eigenvalue weighted by Gasteiger charge is -2.31. The Morgan fingerprint density at radius 3 is 2.21 bits per heavy atom. The fourth-order valence-corrected chi connectivity index (χ4v) is 3.82. The van der Waals surface area contributed by atoms with Gasteiger partial charge >= 0.3 is 6.18 Å². The van der Waals surface area contributed by atoms with Crippen molar-refractivity contribution < 1.29 is 22.7 Å². The Kier molecular flexibility index (Phi) is 7.70. The van der Waals surface area contributed by atoms with Crippen LogP contribution in [0.15, 0.2) is 78.9 Å². The Morgan fingerprint density at radius 2 is 1.59 bits per heavy atom. The van der Waals surface area contributed by atoms with Crippen molar-refractivity contribution in [2.24, 2.45) is 0 Å². The van der Waals surface area contributed by atoms with Crippen LogP contribution in [0.4, 0.5) is 13.2 Å². The summed E-state index contributed by atoms with van der Waals surface area (Å²) in [6.07, 6.45) is -3.76. The Balaban J connectivity index is 1.76. The molecular formula is C28H30F3NO2. The molecule has 0 saturated heterocycles. The minimum absolute atomic E-state index is 0.00258. The SMILES string of the molecule is Cc1ccc(CC(c2ccccc2)C(C)NC(=O)C(C)(C)Oc2cccc(C(F)(F)F)c2)cc1. The van der Waals surface area contributed by atoms with Crippen molar-refractivity contribution >= 4 is 5.91 Å². The van der Waals surface area contributed by atoms with Crippen molar-refractivity contribution in [1.82, 2.24) is 5.32 Å². The predicted octanol–water partition coefficient (Wildman–Crippen LogP) is 6.70. The van der Waals surface area contributed by atoms with Crippen LogP contribution in [0, 0.1) is 6.92 Å². The molecule has 3 aromatic rings. The van der Waals surface area contributed by atoms with Gasteiger partial charge in [0.05, 0.1) is 5.56 Å². The first kappa shape index (κ1) is 25.3. The van der Waals surface area contributed by atoms with Crippen LogP contribution < -0.4 is 10.1 Å². The summed E-state index contributed by atoms with van der Waals surface area (Å²) in [5, 5.41) is 3.03. The fourth-order valence-electron chi connectivity index (χ4n) is 3.82. The van der Waals surface area contributed by atoms with E-state index >= 15 is 0 Å². The molecule has 0 radical (unpaired) electrons. The zero-order valence-corrected chi connectivity index (χ0v) is 19.8. The molecule has 2 atom stereocenters. The summed E-state index contributed by atoms with van der Waals surface area (Å²) >= 11 is 0. The highest BCUT2D eigenvalue weighted by Crippen LogP contribution is 2.32. The van der Waals surface area contributed by atoms with Gasteiger partial charge in [0.1, 0.15) is 5.75 Å².